The van der Waals surface area contributed by atoms with Crippen molar-refractivity contribution in [1.82, 2.24) is 10.2 Å². The van der Waals surface area contributed by atoms with Crippen LogP contribution >= 0.6 is 0 Å². The van der Waals surface area contributed by atoms with Crippen LogP contribution in [-0.4, -0.2) is 71.4 Å². The van der Waals surface area contributed by atoms with Gasteiger partial charge < -0.3 is 34.3 Å². The number of piperidine rings is 1. The van der Waals surface area contributed by atoms with Crippen LogP contribution in [0.3, 0.4) is 0 Å². The maximum Gasteiger partial charge on any atom is 0.410 e. The molecule has 50 heavy (non-hydrogen) atoms. The molecular weight excluding hydrogens is 642 g/mol. The lowest BCUT2D eigenvalue weighted by atomic mass is 10.1. The van der Waals surface area contributed by atoms with Crippen LogP contribution in [0.25, 0.3) is 6.08 Å². The van der Waals surface area contributed by atoms with Gasteiger partial charge in [-0.05, 0) is 74.9 Å². The van der Waals surface area contributed by atoms with Crippen LogP contribution in [0.2, 0.25) is 0 Å². The van der Waals surface area contributed by atoms with Crippen molar-refractivity contribution in [3.05, 3.63) is 101 Å². The second-order valence-electron chi connectivity index (χ2n) is 12.7. The number of likely N-dealkylation sites (tertiary alicyclic amines) is 1. The molecule has 0 aromatic heterocycles. The van der Waals surface area contributed by atoms with E-state index in [2.05, 4.69) is 5.32 Å². The zero-order valence-corrected chi connectivity index (χ0v) is 28.3. The monoisotopic (exact) mass is 683 g/mol. The van der Waals surface area contributed by atoms with Gasteiger partial charge in [0, 0.05) is 43.1 Å². The number of hydrogen-bond acceptors (Lipinski definition) is 9. The number of hydrogen-bond donors (Lipinski definition) is 2. The first-order chi connectivity index (χ1) is 23.9. The smallest absolute Gasteiger partial charge is 0.410 e. The Hall–Kier alpha value is -5.83. The van der Waals surface area contributed by atoms with Crippen molar-refractivity contribution >= 4 is 30.0 Å². The molecule has 12 nitrogen and oxygen atoms in total. The van der Waals surface area contributed by atoms with Crippen LogP contribution in [0, 0.1) is 11.3 Å². The Labute approximate surface area is 291 Å². The normalized spacial score (nSPS) is 13.9. The fourth-order valence-electron chi connectivity index (χ4n) is 5.00. The maximum atomic E-state index is 13.3. The molecule has 3 aromatic rings. The van der Waals surface area contributed by atoms with Crippen molar-refractivity contribution in [3.63, 3.8) is 0 Å². The minimum Gasteiger partial charge on any atom is -0.491 e. The third-order valence-corrected chi connectivity index (χ3v) is 7.49. The Bertz CT molecular complexity index is 1700. The van der Waals surface area contributed by atoms with Crippen molar-refractivity contribution in [2.24, 2.45) is 0 Å². The molecule has 0 aliphatic carbocycles. The molecule has 1 saturated heterocycles. The maximum absolute atomic E-state index is 13.3. The van der Waals surface area contributed by atoms with Gasteiger partial charge >= 0.3 is 18.0 Å². The van der Waals surface area contributed by atoms with Crippen LogP contribution in [-0.2, 0) is 25.7 Å². The van der Waals surface area contributed by atoms with Crippen LogP contribution in [0.5, 0.6) is 11.5 Å². The Morgan fingerprint density at radius 1 is 1.02 bits per heavy atom. The van der Waals surface area contributed by atoms with E-state index in [9.17, 15) is 24.4 Å². The molecule has 1 atom stereocenters. The van der Waals surface area contributed by atoms with Gasteiger partial charge in [-0.25, -0.2) is 9.59 Å². The fraction of sp³-hybridized carbons (Fsp3) is 0.342. The van der Waals surface area contributed by atoms with Crippen LogP contribution in [0.1, 0.15) is 67.1 Å². The number of amides is 2. The second kappa shape index (κ2) is 17.5. The van der Waals surface area contributed by atoms with Gasteiger partial charge in [0.25, 0.3) is 5.91 Å². The van der Waals surface area contributed by atoms with Gasteiger partial charge in [-0.2, -0.15) is 5.26 Å². The summed E-state index contributed by atoms with van der Waals surface area (Å²) < 4.78 is 23.0. The van der Waals surface area contributed by atoms with E-state index < -0.39 is 29.5 Å². The lowest BCUT2D eigenvalue weighted by Crippen LogP contribution is -2.44. The molecule has 1 unspecified atom stereocenters. The van der Waals surface area contributed by atoms with E-state index >= 15 is 0 Å². The van der Waals surface area contributed by atoms with E-state index in [-0.39, 0.29) is 43.1 Å². The summed E-state index contributed by atoms with van der Waals surface area (Å²) in [5, 5.41) is 21.3. The molecule has 4 rings (SSSR count). The molecule has 2 N–H and O–H groups in total. The molecule has 0 bridgehead atoms. The van der Waals surface area contributed by atoms with Crippen molar-refractivity contribution < 1.29 is 43.2 Å². The zero-order chi connectivity index (χ0) is 36.1. The first-order valence-corrected chi connectivity index (χ1v) is 16.2. The highest BCUT2D eigenvalue weighted by molar-refractivity contribution is 5.94. The van der Waals surface area contributed by atoms with Gasteiger partial charge in [0.05, 0.1) is 24.1 Å². The molecular formula is C38H41N3O9. The van der Waals surface area contributed by atoms with Crippen LogP contribution in [0.15, 0.2) is 78.9 Å². The number of ether oxygens (including phenoxy) is 4. The van der Waals surface area contributed by atoms with Crippen molar-refractivity contribution in [3.8, 4) is 17.6 Å². The summed E-state index contributed by atoms with van der Waals surface area (Å²) in [7, 11) is 0. The average molecular weight is 684 g/mol. The Morgan fingerprint density at radius 3 is 2.36 bits per heavy atom. The van der Waals surface area contributed by atoms with E-state index in [1.165, 1.54) is 18.2 Å². The highest BCUT2D eigenvalue weighted by Gasteiger charge is 2.28. The topological polar surface area (TPSA) is 164 Å². The number of benzene rings is 3. The molecule has 3 aromatic carbocycles. The zero-order valence-electron chi connectivity index (χ0n) is 28.3. The Balaban J connectivity index is 1.39. The lowest BCUT2D eigenvalue weighted by Gasteiger charge is -2.33. The Kier molecular flexibility index (Phi) is 13.0. The van der Waals surface area contributed by atoms with Crippen LogP contribution < -0.4 is 14.8 Å². The van der Waals surface area contributed by atoms with Gasteiger partial charge in [-0.3, -0.25) is 9.59 Å². The van der Waals surface area contributed by atoms with Gasteiger partial charge in [-0.15, -0.1) is 0 Å². The molecule has 0 spiro atoms. The number of aliphatic carboxylic acids is 1. The van der Waals surface area contributed by atoms with Crippen molar-refractivity contribution in [2.45, 2.75) is 64.4 Å². The number of nitriles is 1. The largest absolute Gasteiger partial charge is 0.491 e. The summed E-state index contributed by atoms with van der Waals surface area (Å²) in [6, 6.07) is 21.4. The summed E-state index contributed by atoms with van der Waals surface area (Å²) in [4.78, 5) is 51.3. The van der Waals surface area contributed by atoms with Gasteiger partial charge in [-0.1, -0.05) is 30.3 Å². The van der Waals surface area contributed by atoms with E-state index in [0.29, 0.717) is 42.8 Å². The predicted molar refractivity (Wildman–Crippen MR) is 183 cm³/mol. The third kappa shape index (κ3) is 12.0. The molecule has 1 fully saturated rings. The average Bonchev–Trinajstić information content (AvgIpc) is 3.09. The second-order valence-corrected chi connectivity index (χ2v) is 12.7. The molecule has 1 heterocycles. The third-order valence-electron chi connectivity index (χ3n) is 7.49. The number of carbonyl (C=O) groups is 4. The minimum atomic E-state index is -1.16. The van der Waals surface area contributed by atoms with E-state index in [0.717, 1.165) is 11.6 Å². The lowest BCUT2D eigenvalue weighted by molar-refractivity contribution is -0.145. The standard InChI is InChI=1S/C38H41N3O9/c1-38(2,3)50-37(46)41-19-17-32(18-20-41)49-31-14-11-29(12-15-31)36(45)40-30(22-35(44)48-24-26-7-5-4-6-8-26)25-47-33-21-27(23-39)9-10-28(33)13-16-34(42)43/h4-16,21,30,32H,17-20,22,24-25H2,1-3H3,(H,40,45)(H,42,43). The molecule has 2 amide bonds. The first-order valence-electron chi connectivity index (χ1n) is 16.2. The number of nitrogens with one attached hydrogen (secondary N) is 1. The number of carboxylic acid groups (broad SMARTS) is 1. The number of carbonyl (C=O) groups excluding carboxylic acids is 3. The highest BCUT2D eigenvalue weighted by Crippen LogP contribution is 2.24. The molecule has 12 heteroatoms. The number of carboxylic acids is 1. The number of esters is 1. The first kappa shape index (κ1) is 37.0. The summed E-state index contributed by atoms with van der Waals surface area (Å²) in [5.41, 5.74) is 1.24. The van der Waals surface area contributed by atoms with E-state index in [1.54, 1.807) is 35.2 Å². The molecule has 1 aliphatic heterocycles. The van der Waals surface area contributed by atoms with E-state index in [1.807, 2.05) is 57.2 Å². The summed E-state index contributed by atoms with van der Waals surface area (Å²) >= 11 is 0. The van der Waals surface area contributed by atoms with Crippen LogP contribution in [0.4, 0.5) is 4.79 Å². The SMILES string of the molecule is CC(C)(C)OC(=O)N1CCC(Oc2ccc(C(=O)NC(COc3cc(C#N)ccc3C=CC(=O)O)CC(=O)OCc3ccccc3)cc2)CC1. The molecule has 0 radical (unpaired) electrons. The summed E-state index contributed by atoms with van der Waals surface area (Å²) in [5.74, 6) is -1.42. The quantitative estimate of drug-likeness (QED) is 0.168. The molecule has 262 valence electrons. The minimum absolute atomic E-state index is 0.0526. The summed E-state index contributed by atoms with van der Waals surface area (Å²) in [6.07, 6.45) is 2.87. The fourth-order valence-corrected chi connectivity index (χ4v) is 5.00. The predicted octanol–water partition coefficient (Wildman–Crippen LogP) is 5.75. The van der Waals surface area contributed by atoms with Gasteiger partial charge in [0.1, 0.15) is 36.4 Å². The highest BCUT2D eigenvalue weighted by atomic mass is 16.6. The van der Waals surface area contributed by atoms with Gasteiger partial charge in [0.2, 0.25) is 0 Å². The number of nitrogens with zero attached hydrogens (tertiary/aromatic N) is 2. The number of rotatable bonds is 13. The van der Waals surface area contributed by atoms with E-state index in [4.69, 9.17) is 24.1 Å². The van der Waals surface area contributed by atoms with Crippen molar-refractivity contribution in [1.29, 1.82) is 5.26 Å². The van der Waals surface area contributed by atoms with Gasteiger partial charge in [0.15, 0.2) is 0 Å². The summed E-state index contributed by atoms with van der Waals surface area (Å²) in [6.45, 7) is 6.38. The molecule has 0 saturated carbocycles. The van der Waals surface area contributed by atoms with Crippen molar-refractivity contribution in [2.75, 3.05) is 19.7 Å². The Morgan fingerprint density at radius 2 is 1.72 bits per heavy atom. The molecule has 1 aliphatic rings.